The van der Waals surface area contributed by atoms with Crippen molar-refractivity contribution in [2.75, 3.05) is 0 Å². The number of urea groups is 2. The summed E-state index contributed by atoms with van der Waals surface area (Å²) in [5.74, 6) is 0. The number of carbonyl (C=O) groups is 2. The van der Waals surface area contributed by atoms with E-state index in [-0.39, 0.29) is 0 Å². The molecule has 4 amide bonds. The second-order valence-corrected chi connectivity index (χ2v) is 2.46. The van der Waals surface area contributed by atoms with Gasteiger partial charge in [-0.05, 0) is 5.56 Å². The highest BCUT2D eigenvalue weighted by Gasteiger charge is 1.98. The lowest BCUT2D eigenvalue weighted by molar-refractivity contribution is 0.237. The van der Waals surface area contributed by atoms with Crippen LogP contribution in [0.15, 0.2) is 35.3 Å². The largest absolute Gasteiger partial charge is 0.351 e. The van der Waals surface area contributed by atoms with Gasteiger partial charge in [-0.1, -0.05) is 30.3 Å². The van der Waals surface area contributed by atoms with Gasteiger partial charge in [0.05, 0.1) is 0 Å². The third kappa shape index (κ3) is 3.48. The van der Waals surface area contributed by atoms with Gasteiger partial charge >= 0.3 is 12.1 Å². The molecule has 14 heavy (non-hydrogen) atoms. The summed E-state index contributed by atoms with van der Waals surface area (Å²) in [7, 11) is 0. The Hall–Kier alpha value is -2.17. The SMILES string of the molecule is NC(=O)NC(=O)/N=C/c1ccccc1. The molecule has 0 aromatic heterocycles. The van der Waals surface area contributed by atoms with Gasteiger partial charge in [-0.15, -0.1) is 0 Å². The van der Waals surface area contributed by atoms with Crippen LogP contribution < -0.4 is 11.1 Å². The smallest absolute Gasteiger partial charge is 0.348 e. The summed E-state index contributed by atoms with van der Waals surface area (Å²) in [5, 5.41) is 1.82. The van der Waals surface area contributed by atoms with E-state index in [0.717, 1.165) is 5.56 Å². The van der Waals surface area contributed by atoms with Crippen LogP contribution in [-0.4, -0.2) is 18.3 Å². The van der Waals surface area contributed by atoms with Crippen molar-refractivity contribution in [2.24, 2.45) is 10.7 Å². The number of rotatable bonds is 1. The van der Waals surface area contributed by atoms with Crippen LogP contribution in [0.25, 0.3) is 0 Å². The summed E-state index contributed by atoms with van der Waals surface area (Å²) in [6, 6.07) is 7.34. The number of nitrogens with one attached hydrogen (secondary N) is 1. The van der Waals surface area contributed by atoms with Crippen LogP contribution in [0.5, 0.6) is 0 Å². The zero-order valence-corrected chi connectivity index (χ0v) is 7.31. The number of nitrogens with two attached hydrogens (primary N) is 1. The number of benzene rings is 1. The minimum Gasteiger partial charge on any atom is -0.351 e. The fourth-order valence-corrected chi connectivity index (χ4v) is 0.810. The molecule has 0 bridgehead atoms. The van der Waals surface area contributed by atoms with Crippen LogP contribution in [0.2, 0.25) is 0 Å². The Balaban J connectivity index is 2.56. The maximum atomic E-state index is 10.8. The van der Waals surface area contributed by atoms with Crippen molar-refractivity contribution in [3.05, 3.63) is 35.9 Å². The normalized spacial score (nSPS) is 10.0. The van der Waals surface area contributed by atoms with Crippen LogP contribution in [0.4, 0.5) is 9.59 Å². The predicted molar refractivity (Wildman–Crippen MR) is 52.2 cm³/mol. The molecule has 0 aliphatic carbocycles. The number of nitrogens with zero attached hydrogens (tertiary/aromatic N) is 1. The number of hydrogen-bond donors (Lipinski definition) is 2. The molecule has 0 saturated heterocycles. The summed E-state index contributed by atoms with van der Waals surface area (Å²) in [4.78, 5) is 24.5. The molecule has 1 aromatic carbocycles. The molecule has 3 N–H and O–H groups in total. The summed E-state index contributed by atoms with van der Waals surface area (Å²) in [6.45, 7) is 0. The lowest BCUT2D eigenvalue weighted by Crippen LogP contribution is -2.32. The van der Waals surface area contributed by atoms with Crippen molar-refractivity contribution in [2.45, 2.75) is 0 Å². The van der Waals surface area contributed by atoms with Crippen LogP contribution in [-0.2, 0) is 0 Å². The first-order valence-electron chi connectivity index (χ1n) is 3.88. The molecule has 1 aromatic rings. The lowest BCUT2D eigenvalue weighted by Gasteiger charge is -1.93. The first kappa shape index (κ1) is 9.91. The van der Waals surface area contributed by atoms with Gasteiger partial charge in [-0.2, -0.15) is 0 Å². The molecule has 0 aliphatic rings. The molecule has 0 heterocycles. The van der Waals surface area contributed by atoms with E-state index in [1.165, 1.54) is 6.21 Å². The van der Waals surface area contributed by atoms with Gasteiger partial charge in [0.15, 0.2) is 0 Å². The van der Waals surface area contributed by atoms with E-state index in [9.17, 15) is 9.59 Å². The average molecular weight is 191 g/mol. The van der Waals surface area contributed by atoms with E-state index >= 15 is 0 Å². The zero-order valence-electron chi connectivity index (χ0n) is 7.31. The van der Waals surface area contributed by atoms with Crippen LogP contribution in [0.1, 0.15) is 5.56 Å². The maximum absolute atomic E-state index is 10.8. The van der Waals surface area contributed by atoms with Gasteiger partial charge in [-0.25, -0.2) is 14.6 Å². The Morgan fingerprint density at radius 1 is 1.29 bits per heavy atom. The first-order valence-corrected chi connectivity index (χ1v) is 3.88. The molecular formula is C9H9N3O2. The maximum Gasteiger partial charge on any atom is 0.348 e. The Morgan fingerprint density at radius 3 is 2.50 bits per heavy atom. The summed E-state index contributed by atoms with van der Waals surface area (Å²) in [5.41, 5.74) is 5.49. The van der Waals surface area contributed by atoms with E-state index in [2.05, 4.69) is 4.99 Å². The number of amides is 4. The molecule has 5 nitrogen and oxygen atoms in total. The van der Waals surface area contributed by atoms with Crippen LogP contribution >= 0.6 is 0 Å². The van der Waals surface area contributed by atoms with E-state index in [1.54, 1.807) is 12.1 Å². The molecule has 0 saturated carbocycles. The third-order valence-electron chi connectivity index (χ3n) is 1.36. The molecule has 0 aliphatic heterocycles. The number of imide groups is 1. The van der Waals surface area contributed by atoms with Gasteiger partial charge in [-0.3, -0.25) is 5.32 Å². The summed E-state index contributed by atoms with van der Waals surface area (Å²) in [6.07, 6.45) is 1.35. The minimum absolute atomic E-state index is 0.770. The van der Waals surface area contributed by atoms with Gasteiger partial charge in [0.2, 0.25) is 0 Å². The fourth-order valence-electron chi connectivity index (χ4n) is 0.810. The highest BCUT2D eigenvalue weighted by molar-refractivity contribution is 5.98. The standard InChI is InChI=1S/C9H9N3O2/c10-8(13)12-9(14)11-6-7-4-2-1-3-5-7/h1-6H,(H3,10,12,13,14)/b11-6+. The number of hydrogen-bond acceptors (Lipinski definition) is 2. The minimum atomic E-state index is -0.916. The van der Waals surface area contributed by atoms with Crippen LogP contribution in [0, 0.1) is 0 Å². The Kier molecular flexibility index (Phi) is 3.37. The van der Waals surface area contributed by atoms with Crippen molar-refractivity contribution in [3.63, 3.8) is 0 Å². The average Bonchev–Trinajstić information content (AvgIpc) is 2.15. The molecule has 0 atom stereocenters. The van der Waals surface area contributed by atoms with Gasteiger partial charge in [0.25, 0.3) is 0 Å². The van der Waals surface area contributed by atoms with Crippen molar-refractivity contribution >= 4 is 18.3 Å². The zero-order chi connectivity index (χ0) is 10.4. The Labute approximate surface area is 80.6 Å². The number of carbonyl (C=O) groups excluding carboxylic acids is 2. The first-order chi connectivity index (χ1) is 6.68. The number of aliphatic imine (C=N–C) groups is 1. The molecule has 0 radical (unpaired) electrons. The topological polar surface area (TPSA) is 84.5 Å². The molecule has 0 unspecified atom stereocenters. The highest BCUT2D eigenvalue weighted by atomic mass is 16.2. The van der Waals surface area contributed by atoms with Gasteiger partial charge < -0.3 is 5.73 Å². The molecular weight excluding hydrogens is 182 g/mol. The Morgan fingerprint density at radius 2 is 1.93 bits per heavy atom. The van der Waals surface area contributed by atoms with Crippen molar-refractivity contribution < 1.29 is 9.59 Å². The lowest BCUT2D eigenvalue weighted by atomic mass is 10.2. The van der Waals surface area contributed by atoms with E-state index < -0.39 is 12.1 Å². The quantitative estimate of drug-likeness (QED) is 0.646. The summed E-state index contributed by atoms with van der Waals surface area (Å²) < 4.78 is 0. The summed E-state index contributed by atoms with van der Waals surface area (Å²) >= 11 is 0. The van der Waals surface area contributed by atoms with Crippen molar-refractivity contribution in [3.8, 4) is 0 Å². The second-order valence-electron chi connectivity index (χ2n) is 2.46. The third-order valence-corrected chi connectivity index (χ3v) is 1.36. The molecule has 0 spiro atoms. The highest BCUT2D eigenvalue weighted by Crippen LogP contribution is 1.93. The fraction of sp³-hybridized carbons (Fsp3) is 0. The van der Waals surface area contributed by atoms with E-state index in [1.807, 2.05) is 23.5 Å². The number of primary amides is 1. The molecule has 0 fully saturated rings. The van der Waals surface area contributed by atoms with E-state index in [0.29, 0.717) is 0 Å². The Bertz CT molecular complexity index is 360. The van der Waals surface area contributed by atoms with E-state index in [4.69, 9.17) is 5.73 Å². The molecule has 72 valence electrons. The monoisotopic (exact) mass is 191 g/mol. The van der Waals surface area contributed by atoms with Gasteiger partial charge in [0.1, 0.15) is 0 Å². The van der Waals surface area contributed by atoms with Crippen molar-refractivity contribution in [1.82, 2.24) is 5.32 Å². The van der Waals surface area contributed by atoms with Crippen molar-refractivity contribution in [1.29, 1.82) is 0 Å². The van der Waals surface area contributed by atoms with Gasteiger partial charge in [0, 0.05) is 6.21 Å². The van der Waals surface area contributed by atoms with Crippen LogP contribution in [0.3, 0.4) is 0 Å². The predicted octanol–water partition coefficient (Wildman–Crippen LogP) is 0.894. The molecule has 5 heteroatoms. The second kappa shape index (κ2) is 4.76. The molecule has 1 rings (SSSR count).